The van der Waals surface area contributed by atoms with Crippen LogP contribution in [0.25, 0.3) is 0 Å². The predicted molar refractivity (Wildman–Crippen MR) is 118 cm³/mol. The van der Waals surface area contributed by atoms with E-state index in [0.717, 1.165) is 36.5 Å². The van der Waals surface area contributed by atoms with Gasteiger partial charge in [-0.05, 0) is 93.0 Å². The van der Waals surface area contributed by atoms with E-state index in [1.54, 1.807) is 0 Å². The summed E-state index contributed by atoms with van der Waals surface area (Å²) in [4.78, 5) is 10.6. The number of hydrogen-bond donors (Lipinski definition) is 1. The number of carbonyl (C=O) groups is 1. The predicted octanol–water partition coefficient (Wildman–Crippen LogP) is 7.33. The number of rotatable bonds is 16. The molecule has 1 N–H and O–H groups in total. The highest BCUT2D eigenvalue weighted by Gasteiger charge is 2.45. The van der Waals surface area contributed by atoms with Crippen LogP contribution in [-0.2, 0) is 4.79 Å². The van der Waals surface area contributed by atoms with E-state index in [1.165, 1.54) is 82.1 Å². The van der Waals surface area contributed by atoms with Crippen LogP contribution in [0.1, 0.15) is 96.8 Å². The summed E-state index contributed by atoms with van der Waals surface area (Å²) in [7, 11) is 0. The van der Waals surface area contributed by atoms with E-state index in [9.17, 15) is 4.79 Å². The molecule has 0 aromatic carbocycles. The molecule has 2 nitrogen and oxygen atoms in total. The van der Waals surface area contributed by atoms with Crippen LogP contribution in [0.3, 0.4) is 0 Å². The first-order chi connectivity index (χ1) is 13.2. The van der Waals surface area contributed by atoms with Gasteiger partial charge in [-0.15, -0.1) is 0 Å². The summed E-state index contributed by atoms with van der Waals surface area (Å²) >= 11 is 2.17. The minimum absolute atomic E-state index is 0.303. The minimum Gasteiger partial charge on any atom is -0.481 e. The molecule has 2 aliphatic carbocycles. The summed E-state index contributed by atoms with van der Waals surface area (Å²) in [6, 6.07) is 0. The van der Waals surface area contributed by atoms with Crippen molar-refractivity contribution >= 4 is 17.7 Å². The Labute approximate surface area is 172 Å². The summed E-state index contributed by atoms with van der Waals surface area (Å²) in [5.41, 5.74) is 0. The third-order valence-electron chi connectivity index (χ3n) is 6.83. The molecule has 3 heteroatoms. The van der Waals surface area contributed by atoms with Crippen molar-refractivity contribution in [1.29, 1.82) is 0 Å². The summed E-state index contributed by atoms with van der Waals surface area (Å²) < 4.78 is 0. The number of unbranched alkanes of at least 4 members (excludes halogenated alkanes) is 5. The van der Waals surface area contributed by atoms with E-state index in [1.807, 2.05) is 0 Å². The molecule has 2 rings (SSSR count). The number of carboxylic acid groups (broad SMARTS) is 1. The summed E-state index contributed by atoms with van der Waals surface area (Å²) in [5, 5.41) is 8.71. The van der Waals surface area contributed by atoms with Crippen molar-refractivity contribution in [1.82, 2.24) is 0 Å². The molecule has 0 unspecified atom stereocenters. The normalized spacial score (nSPS) is 27.0. The van der Waals surface area contributed by atoms with Crippen molar-refractivity contribution in [2.75, 3.05) is 11.5 Å². The molecule has 0 aromatic heterocycles. The maximum absolute atomic E-state index is 10.6. The van der Waals surface area contributed by atoms with E-state index in [2.05, 4.69) is 30.8 Å². The zero-order chi connectivity index (χ0) is 19.3. The Morgan fingerprint density at radius 3 is 2.44 bits per heavy atom. The molecule has 0 saturated heterocycles. The number of aliphatic carboxylic acids is 1. The van der Waals surface area contributed by atoms with Crippen LogP contribution in [0.15, 0.2) is 12.2 Å². The third-order valence-corrected chi connectivity index (χ3v) is 7.98. The number of carboxylic acids is 1. The fraction of sp³-hybridized carbons (Fsp3) is 0.875. The lowest BCUT2D eigenvalue weighted by molar-refractivity contribution is -0.137. The van der Waals surface area contributed by atoms with Gasteiger partial charge < -0.3 is 5.11 Å². The second kappa shape index (κ2) is 13.7. The first-order valence-corrected chi connectivity index (χ1v) is 12.8. The molecule has 0 aliphatic heterocycles. The monoisotopic (exact) mass is 394 g/mol. The van der Waals surface area contributed by atoms with Crippen molar-refractivity contribution in [2.24, 2.45) is 23.7 Å². The Bertz CT molecular complexity index is 434. The lowest BCUT2D eigenvalue weighted by Gasteiger charge is -2.30. The number of thioether (sulfide) groups is 1. The van der Waals surface area contributed by atoms with Gasteiger partial charge >= 0.3 is 5.97 Å². The Morgan fingerprint density at radius 2 is 1.70 bits per heavy atom. The van der Waals surface area contributed by atoms with E-state index in [-0.39, 0.29) is 0 Å². The molecule has 0 amide bonds. The van der Waals surface area contributed by atoms with Crippen molar-refractivity contribution in [2.45, 2.75) is 96.8 Å². The van der Waals surface area contributed by atoms with Crippen molar-refractivity contribution in [3.63, 3.8) is 0 Å². The average Bonchev–Trinajstić information content (AvgIpc) is 3.25. The Kier molecular flexibility index (Phi) is 11.6. The molecule has 0 spiro atoms. The first kappa shape index (κ1) is 22.8. The molecular weight excluding hydrogens is 352 g/mol. The maximum atomic E-state index is 10.6. The summed E-state index contributed by atoms with van der Waals surface area (Å²) in [6.07, 6.45) is 22.2. The van der Waals surface area contributed by atoms with Crippen LogP contribution in [0, 0.1) is 23.7 Å². The molecular formula is C24H42O2S. The molecule has 2 fully saturated rings. The van der Waals surface area contributed by atoms with Crippen LogP contribution in [0.5, 0.6) is 0 Å². The molecule has 27 heavy (non-hydrogen) atoms. The molecule has 0 heterocycles. The van der Waals surface area contributed by atoms with Gasteiger partial charge in [-0.3, -0.25) is 4.79 Å². The minimum atomic E-state index is -0.671. The quantitative estimate of drug-likeness (QED) is 0.220. The third kappa shape index (κ3) is 8.62. The Balaban J connectivity index is 1.57. The van der Waals surface area contributed by atoms with Crippen LogP contribution in [0.4, 0.5) is 0 Å². The maximum Gasteiger partial charge on any atom is 0.303 e. The molecule has 2 saturated carbocycles. The van der Waals surface area contributed by atoms with E-state index >= 15 is 0 Å². The fourth-order valence-electron chi connectivity index (χ4n) is 5.41. The van der Waals surface area contributed by atoms with Crippen molar-refractivity contribution in [3.8, 4) is 0 Å². The molecule has 4 atom stereocenters. The highest BCUT2D eigenvalue weighted by Crippen LogP contribution is 2.55. The average molecular weight is 395 g/mol. The number of hydrogen-bond acceptors (Lipinski definition) is 2. The molecule has 0 radical (unpaired) electrons. The molecule has 156 valence electrons. The largest absolute Gasteiger partial charge is 0.481 e. The molecule has 2 aliphatic rings. The van der Waals surface area contributed by atoms with Gasteiger partial charge in [-0.2, -0.15) is 11.8 Å². The van der Waals surface area contributed by atoms with E-state index in [4.69, 9.17) is 5.11 Å². The van der Waals surface area contributed by atoms with Gasteiger partial charge in [-0.25, -0.2) is 0 Å². The van der Waals surface area contributed by atoms with E-state index in [0.29, 0.717) is 6.42 Å². The lowest BCUT2D eigenvalue weighted by Crippen LogP contribution is -2.22. The second-order valence-corrected chi connectivity index (χ2v) is 10.0. The van der Waals surface area contributed by atoms with E-state index < -0.39 is 5.97 Å². The topological polar surface area (TPSA) is 37.3 Å². The smallest absolute Gasteiger partial charge is 0.303 e. The summed E-state index contributed by atoms with van der Waals surface area (Å²) in [5.74, 6) is 5.95. The Hall–Kier alpha value is -0.440. The highest BCUT2D eigenvalue weighted by molar-refractivity contribution is 7.99. The second-order valence-electron chi connectivity index (χ2n) is 8.82. The van der Waals surface area contributed by atoms with Crippen LogP contribution >= 0.6 is 11.8 Å². The van der Waals surface area contributed by atoms with Gasteiger partial charge in [0.1, 0.15) is 0 Å². The van der Waals surface area contributed by atoms with Crippen molar-refractivity contribution < 1.29 is 9.90 Å². The zero-order valence-electron chi connectivity index (χ0n) is 17.5. The standard InChI is InChI=1S/C24H42O2S/c1-2-3-4-10-17-27-18-11-9-13-23-21-16-15-20(19-21)22(23)12-7-5-6-8-14-24(25)26/h5,7,20-23H,2-4,6,8-19H2,1H3,(H,25,26)/t20-,21+,22-,23+/m0/s1. The van der Waals surface area contributed by atoms with Gasteiger partial charge in [0.2, 0.25) is 0 Å². The zero-order valence-corrected chi connectivity index (χ0v) is 18.4. The van der Waals surface area contributed by atoms with Crippen LogP contribution < -0.4 is 0 Å². The lowest BCUT2D eigenvalue weighted by atomic mass is 9.75. The molecule has 2 bridgehead atoms. The van der Waals surface area contributed by atoms with Crippen LogP contribution in [-0.4, -0.2) is 22.6 Å². The summed E-state index contributed by atoms with van der Waals surface area (Å²) in [6.45, 7) is 2.28. The molecule has 0 aromatic rings. The Morgan fingerprint density at radius 1 is 0.963 bits per heavy atom. The number of allylic oxidation sites excluding steroid dienone is 2. The van der Waals surface area contributed by atoms with Gasteiger partial charge in [0.15, 0.2) is 0 Å². The van der Waals surface area contributed by atoms with Gasteiger partial charge in [0.25, 0.3) is 0 Å². The SMILES string of the molecule is CCCCCCSCCCC[C@@H]1[C@@H]2CC[C@@H](C2)[C@@H]1CC=CCCCC(=O)O. The number of fused-ring (bicyclic) bond motifs is 2. The van der Waals surface area contributed by atoms with Crippen molar-refractivity contribution in [3.05, 3.63) is 12.2 Å². The van der Waals surface area contributed by atoms with Gasteiger partial charge in [0.05, 0.1) is 0 Å². The van der Waals surface area contributed by atoms with Crippen LogP contribution in [0.2, 0.25) is 0 Å². The fourth-order valence-corrected chi connectivity index (χ4v) is 6.43. The first-order valence-electron chi connectivity index (χ1n) is 11.7. The van der Waals surface area contributed by atoms with Gasteiger partial charge in [0, 0.05) is 6.42 Å². The van der Waals surface area contributed by atoms with Gasteiger partial charge in [-0.1, -0.05) is 44.8 Å². The highest BCUT2D eigenvalue weighted by atomic mass is 32.2.